The van der Waals surface area contributed by atoms with Crippen LogP contribution < -0.4 is 0 Å². The van der Waals surface area contributed by atoms with Gasteiger partial charge in [0.25, 0.3) is 29.5 Å². The van der Waals surface area contributed by atoms with Crippen LogP contribution in [0.25, 0.3) is 22.6 Å². The maximum Gasteiger partial charge on any atom is 0.416 e. The van der Waals surface area contributed by atoms with Crippen LogP contribution in [0.15, 0.2) is 170 Å². The van der Waals surface area contributed by atoms with E-state index in [0.717, 1.165) is 29.8 Å². The Labute approximate surface area is 706 Å². The molecule has 0 radical (unpaired) electrons. The molecule has 6 amide bonds. The second kappa shape index (κ2) is 37.0. The topological polar surface area (TPSA) is 277 Å². The standard InChI is InChI=1S/C23H24F3N5O2.C22H22F3N5O2.2C21H19F3N4O2/c1-29(2)20(32)13-15-7-8-19-27-28-21(31(19)14-15)22(33)30-11-9-16(10-12-30)17-5-3-4-6-18(17)23(24,25)26;1-28(2)20(31)15-9-12-30-18(13-15)26-27-19(30)21(32)29-10-7-14(8-11-29)16-5-3-4-6-17(16)22(23,24)25;1-13(29)15-8-11-28-18(12-15)25-26-19(28)20(30)27-9-6-14(7-10-27)16-4-2-3-5-17(16)21(22,23)24;1-13(29)15-6-7-18-25-26-19(28(18)12-15)20(30)27-10-8-14(9-11-27)16-4-2-3-5-17(16)21(22,23)24/h3-8,14,16H,9-13H2,1-2H3;3-6,9,12-14H,7-8,10-11H2,1-2H3;2-5,8,11-12,14H,6-7,9-10H2,1H3;2-7,12,14H,8-11H2,1H3. The van der Waals surface area contributed by atoms with Crippen molar-refractivity contribution in [3.63, 3.8) is 0 Å². The Morgan fingerprint density at radius 2 is 0.616 bits per heavy atom. The molecule has 4 fully saturated rings. The number of hydrogen-bond acceptors (Lipinski definition) is 16. The van der Waals surface area contributed by atoms with Crippen LogP contribution in [-0.2, 0) is 35.9 Å². The summed E-state index contributed by atoms with van der Waals surface area (Å²) < 4.78 is 166. The Balaban J connectivity index is 0.000000143. The molecular formula is C87H84F12N18O8. The van der Waals surface area contributed by atoms with Gasteiger partial charge in [0.05, 0.1) is 28.7 Å². The molecular weight excluding hydrogens is 1650 g/mol. The number of likely N-dealkylation sites (N-methyl/N-ethyl adjacent to an activating group) is 1. The van der Waals surface area contributed by atoms with Crippen LogP contribution in [0.1, 0.15) is 213 Å². The first-order chi connectivity index (χ1) is 59.3. The van der Waals surface area contributed by atoms with E-state index in [2.05, 4.69) is 40.8 Å². The minimum absolute atomic E-state index is 0.0727. The van der Waals surface area contributed by atoms with E-state index in [4.69, 9.17) is 0 Å². The number of Topliss-reactive ketones (excluding diaryl/α,β-unsaturated/α-hetero) is 2. The van der Waals surface area contributed by atoms with Crippen molar-refractivity contribution in [1.29, 1.82) is 0 Å². The number of ketones is 2. The molecule has 12 aromatic rings. The molecule has 0 spiro atoms. The summed E-state index contributed by atoms with van der Waals surface area (Å²) in [6.45, 7) is 5.45. The largest absolute Gasteiger partial charge is 0.416 e. The molecule has 0 saturated carbocycles. The third-order valence-corrected chi connectivity index (χ3v) is 22.7. The van der Waals surface area contributed by atoms with E-state index in [9.17, 15) is 91.0 Å². The molecule has 38 heteroatoms. The SMILES string of the molecule is CC(=O)c1ccc2nnc(C(=O)N3CCC(c4ccccc4C(F)(F)F)CC3)n2c1.CC(=O)c1ccn2c(C(=O)N3CCC(c4ccccc4C(F)(F)F)CC3)nnc2c1.CN(C)C(=O)Cc1ccc2nnc(C(=O)N3CCC(c4ccccc4C(F)(F)F)CC3)n2c1.CN(C)C(=O)c1ccn2c(C(=O)N3CCC(c4ccccc4C(F)(F)F)CC3)nnc2c1. The third-order valence-electron chi connectivity index (χ3n) is 22.7. The van der Waals surface area contributed by atoms with Crippen molar-refractivity contribution >= 4 is 69.6 Å². The van der Waals surface area contributed by atoms with Crippen molar-refractivity contribution in [2.24, 2.45) is 0 Å². The van der Waals surface area contributed by atoms with E-state index in [1.54, 1.807) is 144 Å². The number of fused-ring (bicyclic) bond motifs is 4. The van der Waals surface area contributed by atoms with Gasteiger partial charge in [-0.05, 0) is 183 Å². The lowest BCUT2D eigenvalue weighted by atomic mass is 9.86. The number of carbonyl (C=O) groups is 8. The van der Waals surface area contributed by atoms with Crippen LogP contribution in [0, 0.1) is 0 Å². The normalized spacial score (nSPS) is 15.3. The van der Waals surface area contributed by atoms with E-state index in [1.807, 2.05) is 0 Å². The first kappa shape index (κ1) is 89.4. The molecule has 8 aromatic heterocycles. The highest BCUT2D eigenvalue weighted by Gasteiger charge is 2.42. The molecule has 0 atom stereocenters. The van der Waals surface area contributed by atoms with E-state index in [-0.39, 0.29) is 123 Å². The molecule has 26 nitrogen and oxygen atoms in total. The van der Waals surface area contributed by atoms with Gasteiger partial charge < -0.3 is 29.4 Å². The molecule has 4 saturated heterocycles. The van der Waals surface area contributed by atoms with Crippen molar-refractivity contribution < 1.29 is 91.0 Å². The Morgan fingerprint density at radius 3 is 0.928 bits per heavy atom. The number of likely N-dealkylation sites (tertiary alicyclic amines) is 4. The summed E-state index contributed by atoms with van der Waals surface area (Å²) in [6, 6.07) is 35.5. The monoisotopic (exact) mass is 1740 g/mol. The number of pyridine rings is 4. The Bertz CT molecular complexity index is 6020. The van der Waals surface area contributed by atoms with Gasteiger partial charge in [-0.15, -0.1) is 40.8 Å². The number of rotatable bonds is 13. The van der Waals surface area contributed by atoms with Crippen LogP contribution >= 0.6 is 0 Å². The lowest BCUT2D eigenvalue weighted by Crippen LogP contribution is -2.39. The average Bonchev–Trinajstić information content (AvgIpc) is 1.72. The van der Waals surface area contributed by atoms with Crippen molar-refractivity contribution in [3.05, 3.63) is 260 Å². The van der Waals surface area contributed by atoms with Gasteiger partial charge in [0.2, 0.25) is 29.2 Å². The van der Waals surface area contributed by atoms with Gasteiger partial charge in [0.15, 0.2) is 34.2 Å². The molecule has 0 aliphatic carbocycles. The van der Waals surface area contributed by atoms with Crippen LogP contribution in [-0.4, -0.2) is 215 Å². The van der Waals surface area contributed by atoms with E-state index in [1.165, 1.54) is 91.6 Å². The van der Waals surface area contributed by atoms with Gasteiger partial charge in [-0.25, -0.2) is 0 Å². The summed E-state index contributed by atoms with van der Waals surface area (Å²) >= 11 is 0. The maximum absolute atomic E-state index is 13.4. The predicted octanol–water partition coefficient (Wildman–Crippen LogP) is 14.8. The Kier molecular flexibility index (Phi) is 26.5. The van der Waals surface area contributed by atoms with Crippen molar-refractivity contribution in [2.45, 2.75) is 120 Å². The van der Waals surface area contributed by atoms with Crippen molar-refractivity contribution in [3.8, 4) is 0 Å². The average molecular weight is 1740 g/mol. The Hall–Kier alpha value is -13.3. The van der Waals surface area contributed by atoms with Gasteiger partial charge >= 0.3 is 24.7 Å². The molecule has 0 unspecified atom stereocenters. The highest BCUT2D eigenvalue weighted by molar-refractivity contribution is 5.98. The first-order valence-electron chi connectivity index (χ1n) is 40.0. The number of aromatic nitrogens is 12. The Morgan fingerprint density at radius 1 is 0.328 bits per heavy atom. The molecule has 0 bridgehead atoms. The number of nitrogens with zero attached hydrogens (tertiary/aromatic N) is 18. The predicted molar refractivity (Wildman–Crippen MR) is 430 cm³/mol. The minimum atomic E-state index is -4.41. The maximum atomic E-state index is 13.4. The molecule has 16 rings (SSSR count). The van der Waals surface area contributed by atoms with Gasteiger partial charge in [-0.1, -0.05) is 78.9 Å². The molecule has 4 aromatic carbocycles. The van der Waals surface area contributed by atoms with Gasteiger partial charge in [-0.3, -0.25) is 56.0 Å². The number of carbonyl (C=O) groups excluding carboxylic acids is 8. The van der Waals surface area contributed by atoms with Gasteiger partial charge in [-0.2, -0.15) is 52.7 Å². The summed E-state index contributed by atoms with van der Waals surface area (Å²) in [6.07, 6.45) is -7.65. The van der Waals surface area contributed by atoms with Crippen molar-refractivity contribution in [2.75, 3.05) is 80.5 Å². The second-order valence-corrected chi connectivity index (χ2v) is 31.2. The van der Waals surface area contributed by atoms with Crippen LogP contribution in [0.5, 0.6) is 0 Å². The van der Waals surface area contributed by atoms with E-state index >= 15 is 0 Å². The number of hydrogen-bond donors (Lipinski definition) is 0. The lowest BCUT2D eigenvalue weighted by Gasteiger charge is -2.32. The number of halogens is 12. The summed E-state index contributed by atoms with van der Waals surface area (Å²) in [4.78, 5) is 109. The zero-order valence-corrected chi connectivity index (χ0v) is 68.3. The number of benzene rings is 4. The molecule has 654 valence electrons. The fourth-order valence-corrected chi connectivity index (χ4v) is 16.0. The summed E-state index contributed by atoms with van der Waals surface area (Å²) in [5.41, 5.74) is 2.38. The number of amides is 6. The highest BCUT2D eigenvalue weighted by atomic mass is 19.4. The molecule has 4 aliphatic heterocycles. The molecule has 12 heterocycles. The fraction of sp³-hybridized carbons (Fsp3) is 0.356. The second-order valence-electron chi connectivity index (χ2n) is 31.2. The van der Waals surface area contributed by atoms with Gasteiger partial charge in [0.1, 0.15) is 0 Å². The van der Waals surface area contributed by atoms with Crippen LogP contribution in [0.3, 0.4) is 0 Å². The highest BCUT2D eigenvalue weighted by Crippen LogP contribution is 2.44. The molecule has 0 N–H and O–H groups in total. The van der Waals surface area contributed by atoms with E-state index in [0.29, 0.717) is 143 Å². The number of alkyl halides is 12. The molecule has 125 heavy (non-hydrogen) atoms. The fourth-order valence-electron chi connectivity index (χ4n) is 16.0. The third kappa shape index (κ3) is 20.2. The zero-order chi connectivity index (χ0) is 89.7. The van der Waals surface area contributed by atoms with Gasteiger partial charge in [0, 0.05) is 122 Å². The summed E-state index contributed by atoms with van der Waals surface area (Å²) in [5, 5.41) is 31.9. The minimum Gasteiger partial charge on any atom is -0.349 e. The number of piperidine rings is 4. The summed E-state index contributed by atoms with van der Waals surface area (Å²) in [7, 11) is 6.63. The lowest BCUT2D eigenvalue weighted by molar-refractivity contribution is -0.139. The van der Waals surface area contributed by atoms with Crippen molar-refractivity contribution in [1.82, 2.24) is 87.8 Å². The van der Waals surface area contributed by atoms with Crippen LogP contribution in [0.4, 0.5) is 52.7 Å². The zero-order valence-electron chi connectivity index (χ0n) is 68.3. The van der Waals surface area contributed by atoms with E-state index < -0.39 is 47.0 Å². The smallest absolute Gasteiger partial charge is 0.349 e. The van der Waals surface area contributed by atoms with Crippen LogP contribution in [0.2, 0.25) is 0 Å². The molecule has 4 aliphatic rings. The quantitative estimate of drug-likeness (QED) is 0.0766. The first-order valence-corrected chi connectivity index (χ1v) is 40.0. The summed E-state index contributed by atoms with van der Waals surface area (Å²) in [5.74, 6) is -2.53.